The van der Waals surface area contributed by atoms with Gasteiger partial charge in [0.25, 0.3) is 0 Å². The van der Waals surface area contributed by atoms with Crippen LogP contribution in [0.1, 0.15) is 23.4 Å². The van der Waals surface area contributed by atoms with Gasteiger partial charge in [0.2, 0.25) is 0 Å². The number of nitrogens with zero attached hydrogens (tertiary/aromatic N) is 1. The van der Waals surface area contributed by atoms with Crippen molar-refractivity contribution in [3.63, 3.8) is 0 Å². The summed E-state index contributed by atoms with van der Waals surface area (Å²) >= 11 is 0. The fourth-order valence-electron chi connectivity index (χ4n) is 2.22. The molecule has 3 rings (SSSR count). The predicted molar refractivity (Wildman–Crippen MR) is 58.7 cm³/mol. The molecule has 1 aliphatic carbocycles. The van der Waals surface area contributed by atoms with Crippen molar-refractivity contribution in [1.82, 2.24) is 4.98 Å². The van der Waals surface area contributed by atoms with Crippen LogP contribution in [-0.2, 0) is 12.8 Å². The fourth-order valence-corrected chi connectivity index (χ4v) is 2.22. The van der Waals surface area contributed by atoms with Gasteiger partial charge in [-0.2, -0.15) is 0 Å². The molecule has 0 fully saturated rings. The molecule has 76 valence electrons. The lowest BCUT2D eigenvalue weighted by molar-refractivity contribution is 0.534. The zero-order valence-corrected chi connectivity index (χ0v) is 8.79. The lowest BCUT2D eigenvalue weighted by atomic mass is 10.1. The van der Waals surface area contributed by atoms with E-state index in [1.807, 2.05) is 6.92 Å². The molecule has 2 nitrogen and oxygen atoms in total. The SMILES string of the molecule is Cc1ncc(-c2ccc3c(c2)CCC3)o1. The first kappa shape index (κ1) is 8.72. The molecular formula is C13H13NO. The summed E-state index contributed by atoms with van der Waals surface area (Å²) in [5.74, 6) is 1.60. The van der Waals surface area contributed by atoms with Crippen molar-refractivity contribution in [2.45, 2.75) is 26.2 Å². The highest BCUT2D eigenvalue weighted by Gasteiger charge is 2.12. The second-order valence-electron chi connectivity index (χ2n) is 4.08. The van der Waals surface area contributed by atoms with Gasteiger partial charge in [0, 0.05) is 12.5 Å². The van der Waals surface area contributed by atoms with Crippen LogP contribution < -0.4 is 0 Å². The Bertz CT molecular complexity index is 499. The highest BCUT2D eigenvalue weighted by molar-refractivity contribution is 5.59. The van der Waals surface area contributed by atoms with Gasteiger partial charge in [-0.1, -0.05) is 12.1 Å². The van der Waals surface area contributed by atoms with Gasteiger partial charge in [-0.25, -0.2) is 4.98 Å². The van der Waals surface area contributed by atoms with Crippen LogP contribution in [0.5, 0.6) is 0 Å². The minimum Gasteiger partial charge on any atom is -0.441 e. The third-order valence-electron chi connectivity index (χ3n) is 3.00. The van der Waals surface area contributed by atoms with E-state index in [9.17, 15) is 0 Å². The molecule has 2 heteroatoms. The zero-order chi connectivity index (χ0) is 10.3. The normalized spacial score (nSPS) is 14.2. The van der Waals surface area contributed by atoms with Gasteiger partial charge in [0.15, 0.2) is 11.7 Å². The van der Waals surface area contributed by atoms with E-state index in [0.717, 1.165) is 17.2 Å². The quantitative estimate of drug-likeness (QED) is 0.705. The summed E-state index contributed by atoms with van der Waals surface area (Å²) in [5, 5.41) is 0. The first-order valence-corrected chi connectivity index (χ1v) is 5.37. The number of aryl methyl sites for hydroxylation is 3. The number of hydrogen-bond donors (Lipinski definition) is 0. The molecule has 0 N–H and O–H groups in total. The van der Waals surface area contributed by atoms with Gasteiger partial charge >= 0.3 is 0 Å². The van der Waals surface area contributed by atoms with Crippen LogP contribution in [0, 0.1) is 6.92 Å². The van der Waals surface area contributed by atoms with Crippen molar-refractivity contribution in [2.24, 2.45) is 0 Å². The van der Waals surface area contributed by atoms with E-state index in [1.165, 1.54) is 30.4 Å². The van der Waals surface area contributed by atoms with Crippen molar-refractivity contribution in [1.29, 1.82) is 0 Å². The van der Waals surface area contributed by atoms with E-state index in [4.69, 9.17) is 4.42 Å². The van der Waals surface area contributed by atoms with Crippen molar-refractivity contribution >= 4 is 0 Å². The van der Waals surface area contributed by atoms with E-state index in [-0.39, 0.29) is 0 Å². The van der Waals surface area contributed by atoms with Crippen LogP contribution in [0.4, 0.5) is 0 Å². The molecule has 0 spiro atoms. The Hall–Kier alpha value is -1.57. The Morgan fingerprint density at radius 1 is 1.20 bits per heavy atom. The van der Waals surface area contributed by atoms with Crippen LogP contribution in [0.3, 0.4) is 0 Å². The van der Waals surface area contributed by atoms with E-state index >= 15 is 0 Å². The highest BCUT2D eigenvalue weighted by atomic mass is 16.4. The van der Waals surface area contributed by atoms with Crippen LogP contribution in [0.2, 0.25) is 0 Å². The number of rotatable bonds is 1. The first-order valence-electron chi connectivity index (χ1n) is 5.37. The number of benzene rings is 1. The van der Waals surface area contributed by atoms with Gasteiger partial charge in [-0.15, -0.1) is 0 Å². The maximum absolute atomic E-state index is 5.52. The minimum atomic E-state index is 0.727. The first-order chi connectivity index (χ1) is 7.33. The van der Waals surface area contributed by atoms with Gasteiger partial charge < -0.3 is 4.42 Å². The van der Waals surface area contributed by atoms with E-state index < -0.39 is 0 Å². The van der Waals surface area contributed by atoms with E-state index in [1.54, 1.807) is 6.20 Å². The number of fused-ring (bicyclic) bond motifs is 1. The molecule has 1 aromatic carbocycles. The molecule has 1 aromatic heterocycles. The second-order valence-corrected chi connectivity index (χ2v) is 4.08. The van der Waals surface area contributed by atoms with E-state index in [0.29, 0.717) is 0 Å². The molecule has 0 radical (unpaired) electrons. The average Bonchev–Trinajstić information content (AvgIpc) is 2.84. The molecule has 0 atom stereocenters. The maximum Gasteiger partial charge on any atom is 0.191 e. The van der Waals surface area contributed by atoms with Crippen LogP contribution in [-0.4, -0.2) is 4.98 Å². The molecule has 1 heterocycles. The van der Waals surface area contributed by atoms with Crippen LogP contribution in [0.25, 0.3) is 11.3 Å². The largest absolute Gasteiger partial charge is 0.441 e. The summed E-state index contributed by atoms with van der Waals surface area (Å²) in [4.78, 5) is 4.12. The summed E-state index contributed by atoms with van der Waals surface area (Å²) in [6.07, 6.45) is 5.52. The topological polar surface area (TPSA) is 26.0 Å². The zero-order valence-electron chi connectivity index (χ0n) is 8.79. The second kappa shape index (κ2) is 3.23. The van der Waals surface area contributed by atoms with E-state index in [2.05, 4.69) is 23.2 Å². The Labute approximate surface area is 89.0 Å². The molecule has 0 aliphatic heterocycles. The Morgan fingerprint density at radius 2 is 2.07 bits per heavy atom. The summed E-state index contributed by atoms with van der Waals surface area (Å²) in [5.41, 5.74) is 4.12. The third kappa shape index (κ3) is 1.46. The monoisotopic (exact) mass is 199 g/mol. The summed E-state index contributed by atoms with van der Waals surface area (Å²) in [6, 6.07) is 6.59. The maximum atomic E-state index is 5.52. The van der Waals surface area contributed by atoms with Crippen LogP contribution >= 0.6 is 0 Å². The minimum absolute atomic E-state index is 0.727. The lowest BCUT2D eigenvalue weighted by Gasteiger charge is -2.01. The molecule has 0 amide bonds. The van der Waals surface area contributed by atoms with Gasteiger partial charge in [0.1, 0.15) is 0 Å². The molecule has 2 aromatic rings. The van der Waals surface area contributed by atoms with Crippen LogP contribution in [0.15, 0.2) is 28.8 Å². The molecular weight excluding hydrogens is 186 g/mol. The Balaban J connectivity index is 2.06. The van der Waals surface area contributed by atoms with Gasteiger partial charge in [-0.05, 0) is 36.5 Å². The molecule has 0 bridgehead atoms. The van der Waals surface area contributed by atoms with Crippen molar-refractivity contribution in [3.8, 4) is 11.3 Å². The molecule has 0 saturated carbocycles. The Morgan fingerprint density at radius 3 is 2.87 bits per heavy atom. The predicted octanol–water partition coefficient (Wildman–Crippen LogP) is 3.14. The average molecular weight is 199 g/mol. The highest BCUT2D eigenvalue weighted by Crippen LogP contribution is 2.28. The Kier molecular flexibility index (Phi) is 1.88. The molecule has 15 heavy (non-hydrogen) atoms. The smallest absolute Gasteiger partial charge is 0.191 e. The van der Waals surface area contributed by atoms with Crippen molar-refractivity contribution < 1.29 is 4.42 Å². The van der Waals surface area contributed by atoms with Gasteiger partial charge in [-0.3, -0.25) is 0 Å². The molecule has 1 aliphatic rings. The summed E-state index contributed by atoms with van der Waals surface area (Å²) in [6.45, 7) is 1.87. The lowest BCUT2D eigenvalue weighted by Crippen LogP contribution is -1.83. The van der Waals surface area contributed by atoms with Crippen molar-refractivity contribution in [2.75, 3.05) is 0 Å². The number of oxazole rings is 1. The standard InChI is InChI=1S/C13H13NO/c1-9-14-8-13(15-9)12-6-5-10-3-2-4-11(10)7-12/h5-8H,2-4H2,1H3. The molecule has 0 saturated heterocycles. The van der Waals surface area contributed by atoms with Crippen molar-refractivity contribution in [3.05, 3.63) is 41.4 Å². The summed E-state index contributed by atoms with van der Waals surface area (Å²) in [7, 11) is 0. The number of hydrogen-bond acceptors (Lipinski definition) is 2. The summed E-state index contributed by atoms with van der Waals surface area (Å²) < 4.78 is 5.52. The van der Waals surface area contributed by atoms with Gasteiger partial charge in [0.05, 0.1) is 6.20 Å². The third-order valence-corrected chi connectivity index (χ3v) is 3.00. The fraction of sp³-hybridized carbons (Fsp3) is 0.308. The number of aromatic nitrogens is 1. The molecule has 0 unspecified atom stereocenters.